The van der Waals surface area contributed by atoms with Crippen molar-refractivity contribution in [3.63, 3.8) is 0 Å². The molecule has 0 aromatic rings. The molecule has 21 heavy (non-hydrogen) atoms. The van der Waals surface area contributed by atoms with E-state index in [1.54, 1.807) is 11.9 Å². The molecule has 1 amide bonds. The molecule has 0 rings (SSSR count). The summed E-state index contributed by atoms with van der Waals surface area (Å²) in [6.07, 6.45) is 0.493. The fourth-order valence-corrected chi connectivity index (χ4v) is 1.43. The quantitative estimate of drug-likeness (QED) is 0.431. The molecule has 0 unspecified atom stereocenters. The van der Waals surface area contributed by atoms with Crippen LogP contribution in [0.2, 0.25) is 0 Å². The van der Waals surface area contributed by atoms with E-state index >= 15 is 0 Å². The minimum Gasteiger partial charge on any atom is -0.468 e. The molecule has 0 saturated carbocycles. The van der Waals surface area contributed by atoms with Crippen LogP contribution in [-0.4, -0.2) is 69.9 Å². The van der Waals surface area contributed by atoms with Crippen LogP contribution in [0.25, 0.3) is 0 Å². The summed E-state index contributed by atoms with van der Waals surface area (Å²) in [4.78, 5) is 24.4. The Morgan fingerprint density at radius 1 is 1.19 bits per heavy atom. The Labute approximate surface area is 132 Å². The Bertz CT molecular complexity index is 292. The highest BCUT2D eigenvalue weighted by molar-refractivity contribution is 5.85. The first-order chi connectivity index (χ1) is 9.52. The summed E-state index contributed by atoms with van der Waals surface area (Å²) >= 11 is 0. The van der Waals surface area contributed by atoms with Crippen LogP contribution in [0.4, 0.5) is 0 Å². The smallest absolute Gasteiger partial charge is 0.322 e. The summed E-state index contributed by atoms with van der Waals surface area (Å²) in [7, 11) is 2.97. The molecule has 0 aliphatic heterocycles. The number of likely N-dealkylation sites (N-methyl/N-ethyl adjacent to an activating group) is 1. The number of carbonyl (C=O) groups excluding carboxylic acids is 2. The topological polar surface area (TPSA) is 91.1 Å². The summed E-state index contributed by atoms with van der Waals surface area (Å²) in [5, 5.41) is 0. The fourth-order valence-electron chi connectivity index (χ4n) is 1.43. The second-order valence-corrected chi connectivity index (χ2v) is 4.29. The highest BCUT2D eigenvalue weighted by Gasteiger charge is 2.16. The maximum atomic E-state index is 11.8. The van der Waals surface area contributed by atoms with Crippen LogP contribution >= 0.6 is 12.4 Å². The predicted octanol–water partition coefficient (Wildman–Crippen LogP) is 0.200. The lowest BCUT2D eigenvalue weighted by atomic mass is 10.1. The maximum Gasteiger partial charge on any atom is 0.322 e. The van der Waals surface area contributed by atoms with Crippen LogP contribution in [0, 0.1) is 0 Å². The highest BCUT2D eigenvalue weighted by atomic mass is 35.5. The van der Waals surface area contributed by atoms with Crippen LogP contribution in [0.5, 0.6) is 0 Å². The normalized spacial score (nSPS) is 11.4. The van der Waals surface area contributed by atoms with Gasteiger partial charge in [0.2, 0.25) is 5.91 Å². The van der Waals surface area contributed by atoms with Crippen molar-refractivity contribution in [2.45, 2.75) is 25.8 Å². The number of amides is 1. The molecule has 126 valence electrons. The molecule has 8 heteroatoms. The molecular formula is C13H27ClN2O5. The summed E-state index contributed by atoms with van der Waals surface area (Å²) < 4.78 is 14.9. The third-order valence-electron chi connectivity index (χ3n) is 2.75. The molecule has 0 saturated heterocycles. The lowest BCUT2D eigenvalue weighted by Crippen LogP contribution is -2.35. The minimum absolute atomic E-state index is 0. The minimum atomic E-state index is -0.750. The first-order valence-electron chi connectivity index (χ1n) is 6.75. The number of esters is 1. The van der Waals surface area contributed by atoms with Crippen molar-refractivity contribution in [2.75, 3.05) is 47.1 Å². The van der Waals surface area contributed by atoms with Gasteiger partial charge in [0.1, 0.15) is 6.04 Å². The second-order valence-electron chi connectivity index (χ2n) is 4.29. The van der Waals surface area contributed by atoms with Gasteiger partial charge in [-0.1, -0.05) is 0 Å². The van der Waals surface area contributed by atoms with Gasteiger partial charge < -0.3 is 24.8 Å². The van der Waals surface area contributed by atoms with Crippen LogP contribution < -0.4 is 5.73 Å². The molecule has 1 atom stereocenters. The van der Waals surface area contributed by atoms with Gasteiger partial charge in [-0.2, -0.15) is 0 Å². The molecule has 0 radical (unpaired) electrons. The van der Waals surface area contributed by atoms with Gasteiger partial charge in [-0.25, -0.2) is 0 Å². The Morgan fingerprint density at radius 2 is 1.81 bits per heavy atom. The lowest BCUT2D eigenvalue weighted by molar-refractivity contribution is -0.142. The van der Waals surface area contributed by atoms with Crippen LogP contribution in [-0.2, 0) is 23.8 Å². The van der Waals surface area contributed by atoms with E-state index in [0.29, 0.717) is 33.0 Å². The molecule has 0 aromatic carbocycles. The summed E-state index contributed by atoms with van der Waals surface area (Å²) in [6.45, 7) is 4.62. The Balaban J connectivity index is 0. The summed E-state index contributed by atoms with van der Waals surface area (Å²) in [6, 6.07) is -0.750. The van der Waals surface area contributed by atoms with Crippen molar-refractivity contribution in [1.29, 1.82) is 0 Å². The Hall–Kier alpha value is -0.890. The average molecular weight is 327 g/mol. The third kappa shape index (κ3) is 11.4. The van der Waals surface area contributed by atoms with Crippen LogP contribution in [0.15, 0.2) is 0 Å². The standard InChI is InChI=1S/C13H26N2O5.ClH/c1-4-19-9-10-20-8-7-15(2)12(16)6-5-11(14)13(17)18-3;/h11H,4-10,14H2,1-3H3;1H/t11-;/m0./s1. The SMILES string of the molecule is CCOCCOCCN(C)C(=O)CC[C@H](N)C(=O)OC.Cl. The molecule has 0 fully saturated rings. The number of hydrogen-bond acceptors (Lipinski definition) is 6. The lowest BCUT2D eigenvalue weighted by Gasteiger charge is -2.18. The third-order valence-corrected chi connectivity index (χ3v) is 2.75. The van der Waals surface area contributed by atoms with Crippen LogP contribution in [0.1, 0.15) is 19.8 Å². The number of nitrogens with two attached hydrogens (primary N) is 1. The number of ether oxygens (including phenoxy) is 3. The zero-order chi connectivity index (χ0) is 15.4. The first-order valence-corrected chi connectivity index (χ1v) is 6.75. The zero-order valence-electron chi connectivity index (χ0n) is 13.0. The maximum absolute atomic E-state index is 11.8. The van der Waals surface area contributed by atoms with E-state index < -0.39 is 12.0 Å². The van der Waals surface area contributed by atoms with Gasteiger partial charge in [0.05, 0.1) is 26.9 Å². The van der Waals surface area contributed by atoms with Gasteiger partial charge in [-0.15, -0.1) is 12.4 Å². The number of hydrogen-bond donors (Lipinski definition) is 1. The van der Waals surface area contributed by atoms with E-state index in [4.69, 9.17) is 15.2 Å². The summed E-state index contributed by atoms with van der Waals surface area (Å²) in [5.41, 5.74) is 5.56. The molecule has 0 spiro atoms. The van der Waals surface area contributed by atoms with E-state index in [1.807, 2.05) is 6.92 Å². The molecule has 2 N–H and O–H groups in total. The number of nitrogens with zero attached hydrogens (tertiary/aromatic N) is 1. The van der Waals surface area contributed by atoms with Crippen molar-refractivity contribution < 1.29 is 23.8 Å². The van der Waals surface area contributed by atoms with Crippen molar-refractivity contribution in [1.82, 2.24) is 4.90 Å². The molecule has 7 nitrogen and oxygen atoms in total. The fraction of sp³-hybridized carbons (Fsp3) is 0.846. The van der Waals surface area contributed by atoms with Gasteiger partial charge in [-0.05, 0) is 13.3 Å². The molecule has 0 aliphatic carbocycles. The predicted molar refractivity (Wildman–Crippen MR) is 81.4 cm³/mol. The molecular weight excluding hydrogens is 300 g/mol. The first kappa shape index (κ1) is 22.4. The van der Waals surface area contributed by atoms with Crippen LogP contribution in [0.3, 0.4) is 0 Å². The average Bonchev–Trinajstić information content (AvgIpc) is 2.46. The van der Waals surface area contributed by atoms with Crippen molar-refractivity contribution in [3.05, 3.63) is 0 Å². The van der Waals surface area contributed by atoms with E-state index in [1.165, 1.54) is 7.11 Å². The second kappa shape index (κ2) is 14.1. The van der Waals surface area contributed by atoms with E-state index in [0.717, 1.165) is 0 Å². The van der Waals surface area contributed by atoms with E-state index in [9.17, 15) is 9.59 Å². The van der Waals surface area contributed by atoms with E-state index in [-0.39, 0.29) is 31.2 Å². The van der Waals surface area contributed by atoms with E-state index in [2.05, 4.69) is 4.74 Å². The highest BCUT2D eigenvalue weighted by Crippen LogP contribution is 2.00. The Morgan fingerprint density at radius 3 is 2.38 bits per heavy atom. The molecule has 0 aliphatic rings. The monoisotopic (exact) mass is 326 g/mol. The number of halogens is 1. The largest absolute Gasteiger partial charge is 0.468 e. The van der Waals surface area contributed by atoms with Gasteiger partial charge in [0.15, 0.2) is 0 Å². The van der Waals surface area contributed by atoms with Gasteiger partial charge in [0.25, 0.3) is 0 Å². The number of methoxy groups -OCH3 is 1. The van der Waals surface area contributed by atoms with Gasteiger partial charge >= 0.3 is 5.97 Å². The Kier molecular flexibility index (Phi) is 15.0. The van der Waals surface area contributed by atoms with Gasteiger partial charge in [0, 0.05) is 26.6 Å². The zero-order valence-corrected chi connectivity index (χ0v) is 13.8. The number of rotatable bonds is 11. The molecule has 0 aromatic heterocycles. The van der Waals surface area contributed by atoms with Crippen molar-refractivity contribution in [3.8, 4) is 0 Å². The molecule has 0 bridgehead atoms. The van der Waals surface area contributed by atoms with Crippen molar-refractivity contribution in [2.24, 2.45) is 5.73 Å². The van der Waals surface area contributed by atoms with Gasteiger partial charge in [-0.3, -0.25) is 9.59 Å². The number of carbonyl (C=O) groups is 2. The molecule has 0 heterocycles. The summed E-state index contributed by atoms with van der Waals surface area (Å²) in [5.74, 6) is -0.572. The van der Waals surface area contributed by atoms with Crippen molar-refractivity contribution >= 4 is 24.3 Å².